The second kappa shape index (κ2) is 7.92. The molecule has 6 nitrogen and oxygen atoms in total. The van der Waals surface area contributed by atoms with Crippen molar-refractivity contribution < 1.29 is 9.59 Å². The molecule has 0 radical (unpaired) electrons. The molecule has 18 heavy (non-hydrogen) atoms. The summed E-state index contributed by atoms with van der Waals surface area (Å²) in [6.45, 7) is 9.13. The standard InChI is InChI=1S/C12H24N4O2/c1-3-15(4-2)11(17)5-6-13-7-9-16-10-8-14-12(16)18/h13H,3-10H2,1-2H3,(H,14,18). The van der Waals surface area contributed by atoms with Gasteiger partial charge in [0.15, 0.2) is 0 Å². The van der Waals surface area contributed by atoms with Gasteiger partial charge in [-0.1, -0.05) is 0 Å². The first-order valence-corrected chi connectivity index (χ1v) is 6.70. The van der Waals surface area contributed by atoms with Gasteiger partial charge in [0.05, 0.1) is 0 Å². The number of nitrogens with one attached hydrogen (secondary N) is 2. The number of amides is 3. The van der Waals surface area contributed by atoms with Crippen LogP contribution in [0.5, 0.6) is 0 Å². The molecule has 104 valence electrons. The third-order valence-electron chi connectivity index (χ3n) is 3.14. The van der Waals surface area contributed by atoms with Gasteiger partial charge in [-0.15, -0.1) is 0 Å². The van der Waals surface area contributed by atoms with Crippen molar-refractivity contribution >= 4 is 11.9 Å². The first kappa shape index (κ1) is 14.8. The molecular weight excluding hydrogens is 232 g/mol. The molecule has 3 amide bonds. The molecule has 6 heteroatoms. The zero-order chi connectivity index (χ0) is 13.4. The van der Waals surface area contributed by atoms with Crippen molar-refractivity contribution in [3.05, 3.63) is 0 Å². The molecule has 0 unspecified atom stereocenters. The Kier molecular flexibility index (Phi) is 6.49. The van der Waals surface area contributed by atoms with Crippen LogP contribution in [0.4, 0.5) is 4.79 Å². The van der Waals surface area contributed by atoms with E-state index in [0.29, 0.717) is 19.5 Å². The van der Waals surface area contributed by atoms with Gasteiger partial charge in [-0.05, 0) is 13.8 Å². The average molecular weight is 256 g/mol. The van der Waals surface area contributed by atoms with E-state index in [-0.39, 0.29) is 11.9 Å². The summed E-state index contributed by atoms with van der Waals surface area (Å²) in [6.07, 6.45) is 0.522. The molecule has 0 aromatic rings. The molecule has 1 aliphatic heterocycles. The maximum atomic E-state index is 11.7. The van der Waals surface area contributed by atoms with Crippen LogP contribution >= 0.6 is 0 Å². The number of hydrogen-bond donors (Lipinski definition) is 2. The fourth-order valence-corrected chi connectivity index (χ4v) is 1.99. The highest BCUT2D eigenvalue weighted by atomic mass is 16.2. The zero-order valence-corrected chi connectivity index (χ0v) is 11.4. The fraction of sp³-hybridized carbons (Fsp3) is 0.833. The van der Waals surface area contributed by atoms with E-state index in [2.05, 4.69) is 10.6 Å². The SMILES string of the molecule is CCN(CC)C(=O)CCNCCN1CCNC1=O. The van der Waals surface area contributed by atoms with Gasteiger partial charge < -0.3 is 20.4 Å². The summed E-state index contributed by atoms with van der Waals surface area (Å²) < 4.78 is 0. The Morgan fingerprint density at radius 3 is 2.67 bits per heavy atom. The molecule has 0 saturated carbocycles. The van der Waals surface area contributed by atoms with Crippen LogP contribution in [-0.4, -0.2) is 67.6 Å². The Morgan fingerprint density at radius 1 is 1.39 bits per heavy atom. The Hall–Kier alpha value is -1.30. The van der Waals surface area contributed by atoms with Gasteiger partial charge in [-0.25, -0.2) is 4.79 Å². The average Bonchev–Trinajstić information content (AvgIpc) is 2.76. The predicted octanol–water partition coefficient (Wildman–Crippen LogP) is -0.140. The van der Waals surface area contributed by atoms with Gasteiger partial charge in [0.2, 0.25) is 5.91 Å². The lowest BCUT2D eigenvalue weighted by atomic mass is 10.3. The van der Waals surface area contributed by atoms with E-state index in [4.69, 9.17) is 0 Å². The third-order valence-corrected chi connectivity index (χ3v) is 3.14. The minimum Gasteiger partial charge on any atom is -0.343 e. The van der Waals surface area contributed by atoms with Gasteiger partial charge in [0.25, 0.3) is 0 Å². The Bertz CT molecular complexity index is 279. The van der Waals surface area contributed by atoms with Crippen LogP contribution < -0.4 is 10.6 Å². The molecule has 1 saturated heterocycles. The first-order valence-electron chi connectivity index (χ1n) is 6.70. The third kappa shape index (κ3) is 4.52. The van der Waals surface area contributed by atoms with Gasteiger partial charge >= 0.3 is 6.03 Å². The largest absolute Gasteiger partial charge is 0.343 e. The molecule has 0 bridgehead atoms. The number of carbonyl (C=O) groups excluding carboxylic acids is 2. The summed E-state index contributed by atoms with van der Waals surface area (Å²) in [5.41, 5.74) is 0. The van der Waals surface area contributed by atoms with Crippen LogP contribution in [0.15, 0.2) is 0 Å². The summed E-state index contributed by atoms with van der Waals surface area (Å²) in [4.78, 5) is 26.5. The number of hydrogen-bond acceptors (Lipinski definition) is 3. The molecule has 2 N–H and O–H groups in total. The molecule has 1 fully saturated rings. The Morgan fingerprint density at radius 2 is 2.11 bits per heavy atom. The van der Waals surface area contributed by atoms with Gasteiger partial charge in [0.1, 0.15) is 0 Å². The van der Waals surface area contributed by atoms with E-state index in [1.165, 1.54) is 0 Å². The van der Waals surface area contributed by atoms with Gasteiger partial charge in [0, 0.05) is 52.2 Å². The smallest absolute Gasteiger partial charge is 0.317 e. The molecular formula is C12H24N4O2. The highest BCUT2D eigenvalue weighted by Crippen LogP contribution is 1.95. The van der Waals surface area contributed by atoms with E-state index in [9.17, 15) is 9.59 Å². The lowest BCUT2D eigenvalue weighted by Crippen LogP contribution is -2.36. The van der Waals surface area contributed by atoms with E-state index in [1.54, 1.807) is 4.90 Å². The molecule has 1 rings (SSSR count). The Labute approximate surface area is 109 Å². The molecule has 1 aliphatic rings. The summed E-state index contributed by atoms with van der Waals surface area (Å²) >= 11 is 0. The summed E-state index contributed by atoms with van der Waals surface area (Å²) in [5.74, 6) is 0.186. The second-order valence-electron chi connectivity index (χ2n) is 4.29. The van der Waals surface area contributed by atoms with Crippen molar-refractivity contribution in [3.8, 4) is 0 Å². The zero-order valence-electron chi connectivity index (χ0n) is 11.4. The minimum atomic E-state index is 0.0102. The normalized spacial score (nSPS) is 14.8. The van der Waals surface area contributed by atoms with Gasteiger partial charge in [-0.3, -0.25) is 4.79 Å². The summed E-state index contributed by atoms with van der Waals surface area (Å²) in [6, 6.07) is 0.0102. The molecule has 0 aromatic carbocycles. The first-order chi connectivity index (χ1) is 8.69. The van der Waals surface area contributed by atoms with Crippen LogP contribution in [-0.2, 0) is 4.79 Å². The topological polar surface area (TPSA) is 64.7 Å². The fourth-order valence-electron chi connectivity index (χ4n) is 1.99. The second-order valence-corrected chi connectivity index (χ2v) is 4.29. The molecule has 0 spiro atoms. The van der Waals surface area contributed by atoms with Crippen molar-refractivity contribution in [2.24, 2.45) is 0 Å². The summed E-state index contributed by atoms with van der Waals surface area (Å²) in [7, 11) is 0. The Balaban J connectivity index is 2.04. The lowest BCUT2D eigenvalue weighted by Gasteiger charge is -2.19. The van der Waals surface area contributed by atoms with E-state index >= 15 is 0 Å². The van der Waals surface area contributed by atoms with Crippen LogP contribution in [0.25, 0.3) is 0 Å². The lowest BCUT2D eigenvalue weighted by molar-refractivity contribution is -0.130. The number of carbonyl (C=O) groups is 2. The van der Waals surface area contributed by atoms with Crippen molar-refractivity contribution in [2.75, 3.05) is 45.8 Å². The van der Waals surface area contributed by atoms with Crippen LogP contribution in [0.2, 0.25) is 0 Å². The maximum absolute atomic E-state index is 11.7. The van der Waals surface area contributed by atoms with Crippen LogP contribution in [0.1, 0.15) is 20.3 Å². The molecule has 0 aliphatic carbocycles. The van der Waals surface area contributed by atoms with E-state index < -0.39 is 0 Å². The quantitative estimate of drug-likeness (QED) is 0.594. The van der Waals surface area contributed by atoms with Crippen molar-refractivity contribution in [3.63, 3.8) is 0 Å². The van der Waals surface area contributed by atoms with Crippen molar-refractivity contribution in [1.82, 2.24) is 20.4 Å². The van der Waals surface area contributed by atoms with Gasteiger partial charge in [-0.2, -0.15) is 0 Å². The molecule has 0 atom stereocenters. The van der Waals surface area contributed by atoms with Crippen LogP contribution in [0.3, 0.4) is 0 Å². The highest BCUT2D eigenvalue weighted by Gasteiger charge is 2.18. The van der Waals surface area contributed by atoms with Crippen LogP contribution in [0, 0.1) is 0 Å². The van der Waals surface area contributed by atoms with E-state index in [1.807, 2.05) is 18.7 Å². The summed E-state index contributed by atoms with van der Waals surface area (Å²) in [5, 5.41) is 5.95. The maximum Gasteiger partial charge on any atom is 0.317 e. The molecule has 1 heterocycles. The minimum absolute atomic E-state index is 0.0102. The predicted molar refractivity (Wildman–Crippen MR) is 70.4 cm³/mol. The highest BCUT2D eigenvalue weighted by molar-refractivity contribution is 5.76. The number of nitrogens with zero attached hydrogens (tertiary/aromatic N) is 2. The van der Waals surface area contributed by atoms with Crippen molar-refractivity contribution in [1.29, 1.82) is 0 Å². The number of urea groups is 1. The van der Waals surface area contributed by atoms with E-state index in [0.717, 1.165) is 32.7 Å². The monoisotopic (exact) mass is 256 g/mol. The molecule has 0 aromatic heterocycles. The number of rotatable bonds is 8. The van der Waals surface area contributed by atoms with Crippen molar-refractivity contribution in [2.45, 2.75) is 20.3 Å².